The summed E-state index contributed by atoms with van der Waals surface area (Å²) in [5.74, 6) is -2.18. The summed E-state index contributed by atoms with van der Waals surface area (Å²) >= 11 is 0. The van der Waals surface area contributed by atoms with E-state index in [1.54, 1.807) is 41.4 Å². The number of unbranched alkanes of at least 4 members (excludes halogenated alkanes) is 1. The molecule has 2 heterocycles. The lowest BCUT2D eigenvalue weighted by Gasteiger charge is -2.38. The van der Waals surface area contributed by atoms with Gasteiger partial charge in [-0.1, -0.05) is 39.0 Å². The molecule has 13 heteroatoms. The molecule has 10 nitrogen and oxygen atoms in total. The first-order valence-electron chi connectivity index (χ1n) is 14.4. The minimum absolute atomic E-state index is 0. The lowest BCUT2D eigenvalue weighted by Crippen LogP contribution is -2.49. The van der Waals surface area contributed by atoms with Crippen molar-refractivity contribution in [2.24, 2.45) is 5.73 Å². The Bertz CT molecular complexity index is 1560. The summed E-state index contributed by atoms with van der Waals surface area (Å²) in [6.07, 6.45) is 5.98. The van der Waals surface area contributed by atoms with Gasteiger partial charge < -0.3 is 20.7 Å². The lowest BCUT2D eigenvalue weighted by atomic mass is 10.0. The third kappa shape index (κ3) is 10.2. The van der Waals surface area contributed by atoms with Gasteiger partial charge in [-0.05, 0) is 48.6 Å². The smallest absolute Gasteiger partial charge is 0.322 e. The number of hydrogen-bond donors (Lipinski definition) is 2. The van der Waals surface area contributed by atoms with Crippen LogP contribution in [0.25, 0.3) is 0 Å². The number of anilines is 1. The molecular formula is C32H41F2N5O5S. The highest BCUT2D eigenvalue weighted by Gasteiger charge is 2.28. The molecule has 2 aromatic carbocycles. The third-order valence-corrected chi connectivity index (χ3v) is 8.21. The summed E-state index contributed by atoms with van der Waals surface area (Å²) in [7, 11) is -3.11. The number of sulfone groups is 1. The molecule has 3 amide bonds. The molecule has 1 aliphatic heterocycles. The molecule has 0 saturated carbocycles. The second kappa shape index (κ2) is 15.8. The van der Waals surface area contributed by atoms with E-state index in [-0.39, 0.29) is 24.9 Å². The van der Waals surface area contributed by atoms with Crippen LogP contribution >= 0.6 is 0 Å². The van der Waals surface area contributed by atoms with E-state index in [4.69, 9.17) is 10.5 Å². The maximum Gasteiger partial charge on any atom is 0.322 e. The van der Waals surface area contributed by atoms with Crippen molar-refractivity contribution in [1.29, 1.82) is 0 Å². The van der Waals surface area contributed by atoms with Crippen molar-refractivity contribution >= 4 is 27.5 Å². The number of piperidine rings is 1. The van der Waals surface area contributed by atoms with Gasteiger partial charge in [-0.3, -0.25) is 9.69 Å². The Balaban J connectivity index is 0.00000552. The molecule has 1 saturated heterocycles. The van der Waals surface area contributed by atoms with E-state index in [0.717, 1.165) is 37.6 Å². The fourth-order valence-electron chi connectivity index (χ4n) is 5.09. The van der Waals surface area contributed by atoms with Gasteiger partial charge in [0.2, 0.25) is 5.88 Å². The number of amides is 3. The number of benzene rings is 2. The molecule has 4 rings (SSSR count). The number of primary amides is 1. The van der Waals surface area contributed by atoms with Crippen molar-refractivity contribution in [2.45, 2.75) is 58.4 Å². The normalized spacial score (nSPS) is 14.0. The van der Waals surface area contributed by atoms with Crippen LogP contribution in [-0.4, -0.2) is 67.1 Å². The molecular weight excluding hydrogens is 604 g/mol. The average Bonchev–Trinajstić information content (AvgIpc) is 2.96. The molecule has 1 fully saturated rings. The number of carbonyl (C=O) groups is 2. The number of aromatic nitrogens is 1. The Morgan fingerprint density at radius 2 is 1.73 bits per heavy atom. The number of pyridine rings is 1. The topological polar surface area (TPSA) is 135 Å². The summed E-state index contributed by atoms with van der Waals surface area (Å²) in [5, 5.41) is 2.50. The lowest BCUT2D eigenvalue weighted by molar-refractivity contribution is 0.0996. The zero-order valence-corrected chi connectivity index (χ0v) is 25.6. The monoisotopic (exact) mass is 645 g/mol. The molecule has 0 atom stereocenters. The SMILES string of the molecule is C.CCCCN(C(=O)Nc1cc(C(N)=O)c(F)cc1F)C1CCN(Cc2ccc(Oc3ccc(CS(C)(=O)=O)cc3)nc2)CC1. The van der Waals surface area contributed by atoms with Crippen LogP contribution in [0.4, 0.5) is 19.3 Å². The van der Waals surface area contributed by atoms with Crippen LogP contribution in [-0.2, 0) is 22.1 Å². The van der Waals surface area contributed by atoms with Gasteiger partial charge in [0, 0.05) is 56.8 Å². The van der Waals surface area contributed by atoms with Crippen LogP contribution in [0.1, 0.15) is 61.5 Å². The first-order chi connectivity index (χ1) is 20.9. The molecule has 0 unspecified atom stereocenters. The van der Waals surface area contributed by atoms with Crippen LogP contribution in [0, 0.1) is 11.6 Å². The van der Waals surface area contributed by atoms with E-state index in [1.807, 2.05) is 13.0 Å². The zero-order valence-electron chi connectivity index (χ0n) is 24.8. The van der Waals surface area contributed by atoms with Crippen LogP contribution in [0.5, 0.6) is 11.6 Å². The maximum absolute atomic E-state index is 14.4. The number of halogens is 2. The van der Waals surface area contributed by atoms with Crippen molar-refractivity contribution in [3.05, 3.63) is 83.1 Å². The molecule has 0 aliphatic carbocycles. The largest absolute Gasteiger partial charge is 0.439 e. The number of ether oxygens (including phenoxy) is 1. The molecule has 1 aliphatic rings. The van der Waals surface area contributed by atoms with Crippen molar-refractivity contribution < 1.29 is 31.5 Å². The predicted molar refractivity (Wildman–Crippen MR) is 170 cm³/mol. The minimum Gasteiger partial charge on any atom is -0.439 e. The van der Waals surface area contributed by atoms with Gasteiger partial charge in [0.1, 0.15) is 17.4 Å². The summed E-state index contributed by atoms with van der Waals surface area (Å²) in [5.41, 5.74) is 6.06. The minimum atomic E-state index is -3.11. The Kier molecular flexibility index (Phi) is 12.4. The fraction of sp³-hybridized carbons (Fsp3) is 0.406. The van der Waals surface area contributed by atoms with Gasteiger partial charge >= 0.3 is 6.03 Å². The van der Waals surface area contributed by atoms with Crippen LogP contribution < -0.4 is 15.8 Å². The molecule has 0 spiro atoms. The van der Waals surface area contributed by atoms with E-state index < -0.39 is 39.0 Å². The molecule has 244 valence electrons. The number of rotatable bonds is 12. The molecule has 3 aromatic rings. The highest BCUT2D eigenvalue weighted by atomic mass is 32.2. The number of likely N-dealkylation sites (tertiary alicyclic amines) is 1. The summed E-state index contributed by atoms with van der Waals surface area (Å²) in [4.78, 5) is 33.1. The second-order valence-corrected chi connectivity index (χ2v) is 13.1. The molecule has 3 N–H and O–H groups in total. The molecule has 0 radical (unpaired) electrons. The number of nitrogens with zero attached hydrogens (tertiary/aromatic N) is 3. The summed E-state index contributed by atoms with van der Waals surface area (Å²) in [6.45, 7) is 4.62. The third-order valence-electron chi connectivity index (χ3n) is 7.35. The molecule has 1 aromatic heterocycles. The summed E-state index contributed by atoms with van der Waals surface area (Å²) < 4.78 is 57.0. The van der Waals surface area contributed by atoms with E-state index in [9.17, 15) is 26.8 Å². The number of nitrogens with two attached hydrogens (primary N) is 1. The number of urea groups is 1. The summed E-state index contributed by atoms with van der Waals surface area (Å²) in [6, 6.07) is 11.4. The number of carbonyl (C=O) groups excluding carboxylic acids is 2. The van der Waals surface area contributed by atoms with Crippen molar-refractivity contribution in [1.82, 2.24) is 14.8 Å². The molecule has 0 bridgehead atoms. The van der Waals surface area contributed by atoms with Crippen molar-refractivity contribution in [3.63, 3.8) is 0 Å². The number of nitrogens with one attached hydrogen (secondary N) is 1. The van der Waals surface area contributed by atoms with E-state index in [0.29, 0.717) is 49.2 Å². The quantitative estimate of drug-likeness (QED) is 0.257. The highest BCUT2D eigenvalue weighted by Crippen LogP contribution is 2.25. The maximum atomic E-state index is 14.4. The zero-order chi connectivity index (χ0) is 31.9. The second-order valence-electron chi connectivity index (χ2n) is 11.0. The Morgan fingerprint density at radius 3 is 2.31 bits per heavy atom. The average molecular weight is 646 g/mol. The van der Waals surface area contributed by atoms with E-state index >= 15 is 0 Å². The van der Waals surface area contributed by atoms with Gasteiger partial charge in [0.05, 0.1) is 17.0 Å². The number of hydrogen-bond acceptors (Lipinski definition) is 7. The first-order valence-corrected chi connectivity index (χ1v) is 16.5. The van der Waals surface area contributed by atoms with E-state index in [2.05, 4.69) is 15.2 Å². The Hall–Kier alpha value is -4.10. The van der Waals surface area contributed by atoms with Gasteiger partial charge in [0.25, 0.3) is 5.91 Å². The van der Waals surface area contributed by atoms with Crippen molar-refractivity contribution in [3.8, 4) is 11.6 Å². The van der Waals surface area contributed by atoms with Gasteiger partial charge in [-0.15, -0.1) is 0 Å². The van der Waals surface area contributed by atoms with Gasteiger partial charge in [-0.2, -0.15) is 0 Å². The highest BCUT2D eigenvalue weighted by molar-refractivity contribution is 7.89. The van der Waals surface area contributed by atoms with E-state index in [1.165, 1.54) is 6.26 Å². The fourth-order valence-corrected chi connectivity index (χ4v) is 5.89. The van der Waals surface area contributed by atoms with Gasteiger partial charge in [-0.25, -0.2) is 27.0 Å². The van der Waals surface area contributed by atoms with Crippen LogP contribution in [0.3, 0.4) is 0 Å². The standard InChI is InChI=1S/C31H37F2N5O5S.CH4/c1-3-4-13-38(31(40)36-28-16-25(30(34)39)26(32)17-27(28)33)23-11-14-37(15-12-23)19-22-7-10-29(35-18-22)43-24-8-5-21(6-9-24)20-44(2,41)42;/h5-10,16-18,23H,3-4,11-15,19-20H2,1-2H3,(H2,34,39)(H,36,40);1H4. The van der Waals surface area contributed by atoms with Crippen LogP contribution in [0.2, 0.25) is 0 Å². The molecule has 45 heavy (non-hydrogen) atoms. The predicted octanol–water partition coefficient (Wildman–Crippen LogP) is 5.73. The Labute approximate surface area is 263 Å². The van der Waals surface area contributed by atoms with Crippen molar-refractivity contribution in [2.75, 3.05) is 31.2 Å². The van der Waals surface area contributed by atoms with Crippen LogP contribution in [0.15, 0.2) is 54.7 Å². The van der Waals surface area contributed by atoms with Gasteiger partial charge in [0.15, 0.2) is 9.84 Å². The first kappa shape index (κ1) is 35.4. The Morgan fingerprint density at radius 1 is 1.07 bits per heavy atom.